The van der Waals surface area contributed by atoms with Crippen molar-refractivity contribution in [2.24, 2.45) is 4.99 Å². The second-order valence-electron chi connectivity index (χ2n) is 4.84. The summed E-state index contributed by atoms with van der Waals surface area (Å²) < 4.78 is 0. The van der Waals surface area contributed by atoms with Crippen molar-refractivity contribution in [3.63, 3.8) is 0 Å². The molecule has 0 aliphatic carbocycles. The molecule has 2 unspecified atom stereocenters. The van der Waals surface area contributed by atoms with Crippen molar-refractivity contribution in [3.05, 3.63) is 0 Å². The molecule has 0 saturated carbocycles. The number of carbonyl (C=O) groups excluding carboxylic acids is 2. The van der Waals surface area contributed by atoms with E-state index in [4.69, 9.17) is 0 Å². The molecule has 0 spiro atoms. The number of thioether (sulfide) groups is 1. The SMILES string of the molecule is CCCCCSC1=NC2C(C(=O)NC(=O)N2C)N1C. The molecule has 2 rings (SSSR count). The van der Waals surface area contributed by atoms with Crippen LogP contribution in [0.1, 0.15) is 26.2 Å². The number of hydrogen-bond acceptors (Lipinski definition) is 5. The normalized spacial score (nSPS) is 26.4. The molecule has 19 heavy (non-hydrogen) atoms. The van der Waals surface area contributed by atoms with E-state index in [1.54, 1.807) is 18.8 Å². The van der Waals surface area contributed by atoms with Crippen LogP contribution in [0.4, 0.5) is 4.79 Å². The molecule has 2 aliphatic heterocycles. The monoisotopic (exact) mass is 284 g/mol. The van der Waals surface area contributed by atoms with Crippen LogP contribution in [0.2, 0.25) is 0 Å². The number of urea groups is 1. The fourth-order valence-corrected chi connectivity index (χ4v) is 3.28. The Morgan fingerprint density at radius 1 is 1.26 bits per heavy atom. The fourth-order valence-electron chi connectivity index (χ4n) is 2.25. The summed E-state index contributed by atoms with van der Waals surface area (Å²) in [7, 11) is 3.53. The highest BCUT2D eigenvalue weighted by molar-refractivity contribution is 8.13. The number of amidine groups is 1. The van der Waals surface area contributed by atoms with Gasteiger partial charge in [-0.3, -0.25) is 10.1 Å². The molecule has 2 atom stereocenters. The molecule has 1 N–H and O–H groups in total. The topological polar surface area (TPSA) is 65.0 Å². The van der Waals surface area contributed by atoms with Gasteiger partial charge in [-0.25, -0.2) is 9.79 Å². The molecule has 0 radical (unpaired) electrons. The van der Waals surface area contributed by atoms with Crippen molar-refractivity contribution in [3.8, 4) is 0 Å². The zero-order valence-electron chi connectivity index (χ0n) is 11.5. The van der Waals surface area contributed by atoms with Crippen molar-refractivity contribution < 1.29 is 9.59 Å². The van der Waals surface area contributed by atoms with Gasteiger partial charge >= 0.3 is 6.03 Å². The van der Waals surface area contributed by atoms with Crippen LogP contribution in [0.5, 0.6) is 0 Å². The minimum Gasteiger partial charge on any atom is -0.339 e. The van der Waals surface area contributed by atoms with Crippen LogP contribution in [0.3, 0.4) is 0 Å². The van der Waals surface area contributed by atoms with E-state index in [-0.39, 0.29) is 18.1 Å². The molecule has 1 fully saturated rings. The number of nitrogens with zero attached hydrogens (tertiary/aromatic N) is 3. The molecular formula is C12H20N4O2S. The number of rotatable bonds is 4. The number of hydrogen-bond donors (Lipinski definition) is 1. The maximum Gasteiger partial charge on any atom is 0.325 e. The highest BCUT2D eigenvalue weighted by atomic mass is 32.2. The lowest BCUT2D eigenvalue weighted by Crippen LogP contribution is -2.63. The fraction of sp³-hybridized carbons (Fsp3) is 0.750. The minimum atomic E-state index is -0.392. The zero-order valence-corrected chi connectivity index (χ0v) is 12.4. The quantitative estimate of drug-likeness (QED) is 0.785. The summed E-state index contributed by atoms with van der Waals surface area (Å²) in [6, 6.07) is -0.767. The van der Waals surface area contributed by atoms with Gasteiger partial charge in [-0.2, -0.15) is 0 Å². The summed E-state index contributed by atoms with van der Waals surface area (Å²) in [4.78, 5) is 31.3. The van der Waals surface area contributed by atoms with Gasteiger partial charge in [0, 0.05) is 19.8 Å². The number of amides is 3. The van der Waals surface area contributed by atoms with E-state index in [9.17, 15) is 9.59 Å². The molecule has 2 aliphatic rings. The molecule has 3 amide bonds. The molecule has 106 valence electrons. The van der Waals surface area contributed by atoms with Gasteiger partial charge in [-0.05, 0) is 6.42 Å². The average Bonchev–Trinajstić information content (AvgIpc) is 2.70. The summed E-state index contributed by atoms with van der Waals surface area (Å²) in [5, 5.41) is 3.20. The van der Waals surface area contributed by atoms with Gasteiger partial charge < -0.3 is 9.80 Å². The summed E-state index contributed by atoms with van der Waals surface area (Å²) in [5.74, 6) is 0.735. The minimum absolute atomic E-state index is 0.261. The summed E-state index contributed by atoms with van der Waals surface area (Å²) in [5.41, 5.74) is 0. The largest absolute Gasteiger partial charge is 0.339 e. The van der Waals surface area contributed by atoms with Crippen molar-refractivity contribution in [2.75, 3.05) is 19.8 Å². The first-order chi connectivity index (χ1) is 9.06. The predicted molar refractivity (Wildman–Crippen MR) is 76.1 cm³/mol. The first kappa shape index (κ1) is 14.2. The Morgan fingerprint density at radius 2 is 2.00 bits per heavy atom. The van der Waals surface area contributed by atoms with Gasteiger partial charge in [0.25, 0.3) is 5.91 Å². The van der Waals surface area contributed by atoms with Crippen LogP contribution >= 0.6 is 11.8 Å². The van der Waals surface area contributed by atoms with Gasteiger partial charge in [0.05, 0.1) is 0 Å². The smallest absolute Gasteiger partial charge is 0.325 e. The molecule has 0 bridgehead atoms. The molecular weight excluding hydrogens is 264 g/mol. The summed E-state index contributed by atoms with van der Waals surface area (Å²) in [6.07, 6.45) is 3.15. The van der Waals surface area contributed by atoms with E-state index in [0.717, 1.165) is 17.3 Å². The van der Waals surface area contributed by atoms with E-state index in [1.807, 2.05) is 11.9 Å². The highest BCUT2D eigenvalue weighted by Gasteiger charge is 2.47. The Morgan fingerprint density at radius 3 is 2.68 bits per heavy atom. The second-order valence-corrected chi connectivity index (χ2v) is 5.90. The predicted octanol–water partition coefficient (Wildman–Crippen LogP) is 1.09. The third kappa shape index (κ3) is 2.70. The molecule has 2 heterocycles. The second kappa shape index (κ2) is 5.81. The standard InChI is InChI=1S/C12H20N4O2S/c1-4-5-6-7-19-12-13-9-8(15(12)2)10(17)14-11(18)16(9)3/h8-9H,4-7H2,1-3H3,(H,14,17,18). The molecule has 7 heteroatoms. The number of aliphatic imine (C=N–C) groups is 1. The van der Waals surface area contributed by atoms with Crippen molar-refractivity contribution in [2.45, 2.75) is 38.4 Å². The Balaban J connectivity index is 2.02. The van der Waals surface area contributed by atoms with E-state index in [0.29, 0.717) is 0 Å². The average molecular weight is 284 g/mol. The van der Waals surface area contributed by atoms with Crippen molar-refractivity contribution >= 4 is 28.9 Å². The third-order valence-electron chi connectivity index (χ3n) is 3.44. The van der Waals surface area contributed by atoms with Crippen LogP contribution in [-0.2, 0) is 4.79 Å². The van der Waals surface area contributed by atoms with Gasteiger partial charge in [0.2, 0.25) is 0 Å². The lowest BCUT2D eigenvalue weighted by Gasteiger charge is -2.34. The molecule has 0 aromatic heterocycles. The maximum atomic E-state index is 11.9. The third-order valence-corrected chi connectivity index (χ3v) is 4.58. The lowest BCUT2D eigenvalue weighted by atomic mass is 10.1. The number of nitrogens with one attached hydrogen (secondary N) is 1. The highest BCUT2D eigenvalue weighted by Crippen LogP contribution is 2.27. The number of likely N-dealkylation sites (N-methyl/N-ethyl adjacent to an activating group) is 2. The van der Waals surface area contributed by atoms with Crippen LogP contribution in [0, 0.1) is 0 Å². The van der Waals surface area contributed by atoms with E-state index in [2.05, 4.69) is 17.2 Å². The van der Waals surface area contributed by atoms with Crippen LogP contribution in [-0.4, -0.2) is 59.0 Å². The Labute approximate surface area is 117 Å². The molecule has 0 aromatic rings. The zero-order chi connectivity index (χ0) is 14.0. The molecule has 0 aromatic carbocycles. The van der Waals surface area contributed by atoms with Crippen molar-refractivity contribution in [1.29, 1.82) is 0 Å². The van der Waals surface area contributed by atoms with E-state index >= 15 is 0 Å². The number of imide groups is 1. The Bertz CT molecular complexity index is 413. The summed E-state index contributed by atoms with van der Waals surface area (Å²) in [6.45, 7) is 2.17. The number of unbranched alkanes of at least 4 members (excludes halogenated alkanes) is 2. The number of fused-ring (bicyclic) bond motifs is 1. The lowest BCUT2D eigenvalue weighted by molar-refractivity contribution is -0.126. The first-order valence-corrected chi connectivity index (χ1v) is 7.56. The summed E-state index contributed by atoms with van der Waals surface area (Å²) >= 11 is 1.66. The van der Waals surface area contributed by atoms with E-state index in [1.165, 1.54) is 17.7 Å². The van der Waals surface area contributed by atoms with Crippen LogP contribution in [0.15, 0.2) is 4.99 Å². The molecule has 6 nitrogen and oxygen atoms in total. The van der Waals surface area contributed by atoms with E-state index < -0.39 is 6.04 Å². The van der Waals surface area contributed by atoms with Gasteiger partial charge in [-0.15, -0.1) is 0 Å². The van der Waals surface area contributed by atoms with Crippen molar-refractivity contribution in [1.82, 2.24) is 15.1 Å². The molecule has 1 saturated heterocycles. The first-order valence-electron chi connectivity index (χ1n) is 6.57. The Hall–Kier alpha value is -1.24. The maximum absolute atomic E-state index is 11.9. The number of carbonyl (C=O) groups is 2. The Kier molecular flexibility index (Phi) is 4.34. The van der Waals surface area contributed by atoms with Gasteiger partial charge in [0.15, 0.2) is 17.4 Å². The van der Waals surface area contributed by atoms with Gasteiger partial charge in [-0.1, -0.05) is 31.5 Å². The van der Waals surface area contributed by atoms with Crippen LogP contribution in [0.25, 0.3) is 0 Å². The van der Waals surface area contributed by atoms with Gasteiger partial charge in [0.1, 0.15) is 0 Å². The van der Waals surface area contributed by atoms with Crippen LogP contribution < -0.4 is 5.32 Å².